The second-order valence-electron chi connectivity index (χ2n) is 7.50. The minimum Gasteiger partial charge on any atom is -0.362 e. The quantitative estimate of drug-likeness (QED) is 0.609. The van der Waals surface area contributed by atoms with E-state index in [2.05, 4.69) is 10.3 Å². The molecule has 2 aromatic rings. The number of amides is 1. The van der Waals surface area contributed by atoms with Gasteiger partial charge in [-0.05, 0) is 31.2 Å². The van der Waals surface area contributed by atoms with Crippen molar-refractivity contribution in [1.29, 1.82) is 0 Å². The number of halogens is 6. The lowest BCUT2D eigenvalue weighted by atomic mass is 10.1. The lowest BCUT2D eigenvalue weighted by Crippen LogP contribution is -2.53. The van der Waals surface area contributed by atoms with Gasteiger partial charge in [0.15, 0.2) is 6.10 Å². The summed E-state index contributed by atoms with van der Waals surface area (Å²) in [5.41, 5.74) is -2.08. The molecule has 1 aromatic carbocycles. The number of nitrogens with two attached hydrogens (primary N) is 1. The Morgan fingerprint density at radius 2 is 1.85 bits per heavy atom. The van der Waals surface area contributed by atoms with Gasteiger partial charge in [0.2, 0.25) is 10.0 Å². The number of aromatic nitrogens is 1. The molecule has 2 atom stereocenters. The third-order valence-electron chi connectivity index (χ3n) is 4.78. The van der Waals surface area contributed by atoms with Crippen LogP contribution in [0.4, 0.5) is 37.8 Å². The Balaban J connectivity index is 2.02. The number of rotatable bonds is 4. The highest BCUT2D eigenvalue weighted by atomic mass is 32.2. The van der Waals surface area contributed by atoms with Crippen molar-refractivity contribution in [2.24, 2.45) is 5.14 Å². The van der Waals surface area contributed by atoms with Gasteiger partial charge in [-0.2, -0.15) is 26.3 Å². The average molecular weight is 512 g/mol. The Hall–Kier alpha value is -2.91. The molecule has 0 unspecified atom stereocenters. The zero-order valence-electron chi connectivity index (χ0n) is 17.3. The van der Waals surface area contributed by atoms with Crippen molar-refractivity contribution < 1.29 is 44.3 Å². The SMILES string of the molecule is C[C@@H]1CN(c2ncc(C(F)(F)F)cc2C(=O)Nc2cccc(S(N)(=O)=O)c2)C[C@H](C(F)(F)F)O1. The van der Waals surface area contributed by atoms with Crippen molar-refractivity contribution in [3.05, 3.63) is 47.7 Å². The van der Waals surface area contributed by atoms with Crippen molar-refractivity contribution in [2.75, 3.05) is 23.3 Å². The van der Waals surface area contributed by atoms with Crippen LogP contribution in [0.25, 0.3) is 0 Å². The third kappa shape index (κ3) is 5.95. The molecule has 0 radical (unpaired) electrons. The summed E-state index contributed by atoms with van der Waals surface area (Å²) in [4.78, 5) is 17.2. The van der Waals surface area contributed by atoms with Crippen LogP contribution in [0, 0.1) is 0 Å². The topological polar surface area (TPSA) is 115 Å². The van der Waals surface area contributed by atoms with Gasteiger partial charge in [-0.3, -0.25) is 4.79 Å². The van der Waals surface area contributed by atoms with Gasteiger partial charge in [-0.25, -0.2) is 18.5 Å². The molecular formula is C19H18F6N4O4S. The molecule has 0 bridgehead atoms. The number of hydrogen-bond acceptors (Lipinski definition) is 6. The van der Waals surface area contributed by atoms with Gasteiger partial charge >= 0.3 is 12.4 Å². The molecule has 8 nitrogen and oxygen atoms in total. The largest absolute Gasteiger partial charge is 0.417 e. The molecule has 0 spiro atoms. The van der Waals surface area contributed by atoms with E-state index in [0.29, 0.717) is 12.3 Å². The second-order valence-corrected chi connectivity index (χ2v) is 9.06. The molecule has 1 aliphatic heterocycles. The number of hydrogen-bond donors (Lipinski definition) is 2. The van der Waals surface area contributed by atoms with E-state index in [1.54, 1.807) is 0 Å². The van der Waals surface area contributed by atoms with Crippen molar-refractivity contribution in [3.63, 3.8) is 0 Å². The number of benzene rings is 1. The number of sulfonamides is 1. The van der Waals surface area contributed by atoms with Gasteiger partial charge in [0, 0.05) is 18.4 Å². The number of carbonyl (C=O) groups excluding carboxylic acids is 1. The van der Waals surface area contributed by atoms with Gasteiger partial charge in [0.25, 0.3) is 5.91 Å². The predicted octanol–water partition coefficient (Wildman–Crippen LogP) is 3.16. The first-order valence-electron chi connectivity index (χ1n) is 9.54. The maximum atomic E-state index is 13.3. The van der Waals surface area contributed by atoms with Gasteiger partial charge in [-0.1, -0.05) is 6.07 Å². The Morgan fingerprint density at radius 3 is 2.44 bits per heavy atom. The maximum Gasteiger partial charge on any atom is 0.417 e. The molecule has 186 valence electrons. The maximum absolute atomic E-state index is 13.3. The lowest BCUT2D eigenvalue weighted by Gasteiger charge is -2.38. The first-order chi connectivity index (χ1) is 15.6. The number of nitrogens with zero attached hydrogens (tertiary/aromatic N) is 2. The van der Waals surface area contributed by atoms with E-state index >= 15 is 0 Å². The first kappa shape index (κ1) is 25.7. The van der Waals surface area contributed by atoms with Crippen molar-refractivity contribution >= 4 is 27.4 Å². The van der Waals surface area contributed by atoms with E-state index < -0.39 is 64.0 Å². The predicted molar refractivity (Wildman–Crippen MR) is 108 cm³/mol. The molecule has 2 heterocycles. The van der Waals surface area contributed by atoms with Crippen molar-refractivity contribution in [2.45, 2.75) is 36.4 Å². The molecule has 3 rings (SSSR count). The van der Waals surface area contributed by atoms with Gasteiger partial charge in [0.05, 0.1) is 28.7 Å². The fourth-order valence-corrected chi connectivity index (χ4v) is 3.85. The Labute approximate surface area is 189 Å². The fraction of sp³-hybridized carbons (Fsp3) is 0.368. The van der Waals surface area contributed by atoms with Gasteiger partial charge < -0.3 is 15.0 Å². The van der Waals surface area contributed by atoms with Crippen molar-refractivity contribution in [1.82, 2.24) is 4.98 Å². The summed E-state index contributed by atoms with van der Waals surface area (Å²) in [5, 5.41) is 7.27. The zero-order chi connectivity index (χ0) is 25.5. The molecule has 34 heavy (non-hydrogen) atoms. The number of primary sulfonamides is 1. The van der Waals surface area contributed by atoms with Crippen molar-refractivity contribution in [3.8, 4) is 0 Å². The molecule has 15 heteroatoms. The molecule has 3 N–H and O–H groups in total. The molecule has 1 amide bonds. The summed E-state index contributed by atoms with van der Waals surface area (Å²) >= 11 is 0. The molecule has 0 saturated carbocycles. The number of morpholine rings is 1. The number of carbonyl (C=O) groups is 1. The number of pyridine rings is 1. The third-order valence-corrected chi connectivity index (χ3v) is 5.69. The molecule has 1 aliphatic rings. The summed E-state index contributed by atoms with van der Waals surface area (Å²) in [6.07, 6.45) is -12.4. The fourth-order valence-electron chi connectivity index (χ4n) is 3.29. The Morgan fingerprint density at radius 1 is 1.18 bits per heavy atom. The highest BCUT2D eigenvalue weighted by Gasteiger charge is 2.46. The van der Waals surface area contributed by atoms with E-state index in [-0.39, 0.29) is 17.1 Å². The van der Waals surface area contributed by atoms with Crippen LogP contribution in [0.1, 0.15) is 22.8 Å². The standard InChI is InChI=1S/C19H18F6N4O4S/c1-10-8-29(9-15(33-10)19(23,24)25)16-14(5-11(7-27-16)18(20,21)22)17(30)28-12-3-2-4-13(6-12)34(26,31)32/h2-7,10,15H,8-9H2,1H3,(H,28,30)(H2,26,31,32)/t10-,15-/m1/s1. The smallest absolute Gasteiger partial charge is 0.362 e. The van der Waals surface area contributed by atoms with Gasteiger partial charge in [-0.15, -0.1) is 0 Å². The normalized spacial score (nSPS) is 19.7. The van der Waals surface area contributed by atoms with Crippen LogP contribution in [0.5, 0.6) is 0 Å². The summed E-state index contributed by atoms with van der Waals surface area (Å²) in [6, 6.07) is 5.06. The second kappa shape index (κ2) is 9.03. The number of nitrogens with one attached hydrogen (secondary N) is 1. The molecule has 1 fully saturated rings. The summed E-state index contributed by atoms with van der Waals surface area (Å²) in [5.74, 6) is -1.57. The minimum absolute atomic E-state index is 0.122. The number of ether oxygens (including phenoxy) is 1. The first-order valence-corrected chi connectivity index (χ1v) is 11.1. The number of alkyl halides is 6. The van der Waals surface area contributed by atoms with E-state index in [0.717, 1.165) is 17.0 Å². The van der Waals surface area contributed by atoms with Crippen LogP contribution < -0.4 is 15.4 Å². The molecule has 1 aromatic heterocycles. The molecule has 0 aliphatic carbocycles. The monoisotopic (exact) mass is 512 g/mol. The van der Waals surface area contributed by atoms with E-state index in [9.17, 15) is 39.6 Å². The van der Waals surface area contributed by atoms with Crippen LogP contribution >= 0.6 is 0 Å². The lowest BCUT2D eigenvalue weighted by molar-refractivity contribution is -0.233. The summed E-state index contributed by atoms with van der Waals surface area (Å²) in [6.45, 7) is 0.368. The van der Waals surface area contributed by atoms with Gasteiger partial charge in [0.1, 0.15) is 5.82 Å². The van der Waals surface area contributed by atoms with E-state index in [1.807, 2.05) is 0 Å². The zero-order valence-corrected chi connectivity index (χ0v) is 18.1. The van der Waals surface area contributed by atoms with Crippen LogP contribution in [0.2, 0.25) is 0 Å². The molecule has 1 saturated heterocycles. The van der Waals surface area contributed by atoms with Crippen LogP contribution in [-0.4, -0.2) is 50.8 Å². The summed E-state index contributed by atoms with van der Waals surface area (Å²) in [7, 11) is -4.14. The highest BCUT2D eigenvalue weighted by Crippen LogP contribution is 2.34. The summed E-state index contributed by atoms with van der Waals surface area (Å²) < 4.78 is 107. The van der Waals surface area contributed by atoms with E-state index in [1.165, 1.54) is 19.1 Å². The van der Waals surface area contributed by atoms with E-state index in [4.69, 9.17) is 9.88 Å². The number of anilines is 2. The van der Waals surface area contributed by atoms with Crippen LogP contribution in [-0.2, 0) is 20.9 Å². The molecular weight excluding hydrogens is 494 g/mol. The average Bonchev–Trinajstić information content (AvgIpc) is 2.71. The Bertz CT molecular complexity index is 1190. The van der Waals surface area contributed by atoms with Crippen LogP contribution in [0.15, 0.2) is 41.4 Å². The minimum atomic E-state index is -4.89. The van der Waals surface area contributed by atoms with Crippen LogP contribution in [0.3, 0.4) is 0 Å². The highest BCUT2D eigenvalue weighted by molar-refractivity contribution is 7.89. The Kier molecular flexibility index (Phi) is 6.83.